The SMILES string of the molecule is CN(C)C(=O)CN=C(NCCc1cccs1)N1CCC(OCC2CCCC2)CC1.I. The molecule has 0 bridgehead atoms. The van der Waals surface area contributed by atoms with Gasteiger partial charge < -0.3 is 19.9 Å². The average Bonchev–Trinajstić information content (AvgIpc) is 3.43. The van der Waals surface area contributed by atoms with E-state index in [2.05, 4.69) is 32.7 Å². The molecule has 30 heavy (non-hydrogen) atoms. The van der Waals surface area contributed by atoms with E-state index in [1.54, 1.807) is 30.3 Å². The summed E-state index contributed by atoms with van der Waals surface area (Å²) in [6.07, 6.45) is 8.80. The number of rotatable bonds is 8. The third kappa shape index (κ3) is 8.34. The van der Waals surface area contributed by atoms with Gasteiger partial charge in [-0.3, -0.25) is 4.79 Å². The van der Waals surface area contributed by atoms with Crippen LogP contribution in [0.5, 0.6) is 0 Å². The van der Waals surface area contributed by atoms with Crippen LogP contribution in [-0.4, -0.2) is 74.7 Å². The maximum Gasteiger partial charge on any atom is 0.243 e. The number of ether oxygens (including phenoxy) is 1. The maximum atomic E-state index is 12.0. The lowest BCUT2D eigenvalue weighted by Gasteiger charge is -2.34. The van der Waals surface area contributed by atoms with Gasteiger partial charge in [0.05, 0.1) is 6.10 Å². The van der Waals surface area contributed by atoms with Gasteiger partial charge in [-0.1, -0.05) is 18.9 Å². The molecule has 2 fully saturated rings. The lowest BCUT2D eigenvalue weighted by atomic mass is 10.1. The van der Waals surface area contributed by atoms with E-state index in [1.165, 1.54) is 30.6 Å². The van der Waals surface area contributed by atoms with Gasteiger partial charge >= 0.3 is 0 Å². The Kier molecular flexibility index (Phi) is 11.4. The highest BCUT2D eigenvalue weighted by atomic mass is 127. The maximum absolute atomic E-state index is 12.0. The molecule has 0 spiro atoms. The highest BCUT2D eigenvalue weighted by Gasteiger charge is 2.24. The Hall–Kier alpha value is -0.870. The molecule has 170 valence electrons. The quantitative estimate of drug-likeness (QED) is 0.307. The lowest BCUT2D eigenvalue weighted by Crippen LogP contribution is -2.48. The molecule has 1 saturated heterocycles. The van der Waals surface area contributed by atoms with E-state index in [-0.39, 0.29) is 36.4 Å². The Morgan fingerprint density at radius 3 is 2.63 bits per heavy atom. The lowest BCUT2D eigenvalue weighted by molar-refractivity contribution is -0.127. The molecule has 0 radical (unpaired) electrons. The van der Waals surface area contributed by atoms with Crippen molar-refractivity contribution in [2.75, 3.05) is 46.9 Å². The topological polar surface area (TPSA) is 57.2 Å². The fraction of sp³-hybridized carbons (Fsp3) is 0.727. The zero-order valence-electron chi connectivity index (χ0n) is 18.3. The molecule has 8 heteroatoms. The van der Waals surface area contributed by atoms with E-state index >= 15 is 0 Å². The van der Waals surface area contributed by atoms with Gasteiger partial charge in [0, 0.05) is 45.2 Å². The predicted molar refractivity (Wildman–Crippen MR) is 135 cm³/mol. The predicted octanol–water partition coefficient (Wildman–Crippen LogP) is 3.61. The Balaban J connectivity index is 0.00000320. The molecule has 0 aromatic carbocycles. The third-order valence-electron chi connectivity index (χ3n) is 5.88. The first kappa shape index (κ1) is 25.4. The zero-order valence-corrected chi connectivity index (χ0v) is 21.5. The number of halogens is 1. The number of carbonyl (C=O) groups excluding carboxylic acids is 1. The average molecular weight is 549 g/mol. The number of hydrogen-bond acceptors (Lipinski definition) is 4. The van der Waals surface area contributed by atoms with Crippen molar-refractivity contribution in [1.82, 2.24) is 15.1 Å². The van der Waals surface area contributed by atoms with Gasteiger partial charge in [0.15, 0.2) is 5.96 Å². The first-order valence-electron chi connectivity index (χ1n) is 11.0. The number of nitrogens with zero attached hydrogens (tertiary/aromatic N) is 3. The van der Waals surface area contributed by atoms with Crippen molar-refractivity contribution in [2.24, 2.45) is 10.9 Å². The van der Waals surface area contributed by atoms with Crippen LogP contribution in [0.1, 0.15) is 43.4 Å². The number of piperidine rings is 1. The number of carbonyl (C=O) groups is 1. The van der Waals surface area contributed by atoms with Crippen LogP contribution in [0.2, 0.25) is 0 Å². The van der Waals surface area contributed by atoms with Gasteiger partial charge in [-0.15, -0.1) is 35.3 Å². The Morgan fingerprint density at radius 2 is 2.00 bits per heavy atom. The zero-order chi connectivity index (χ0) is 20.5. The standard InChI is InChI=1S/C22H36N4O2S.HI/c1-25(2)21(27)16-24-22(23-12-9-20-8-5-15-29-20)26-13-10-19(11-14-26)28-17-18-6-3-4-7-18;/h5,8,15,18-19H,3-4,6-7,9-14,16-17H2,1-2H3,(H,23,24);1H. The summed E-state index contributed by atoms with van der Waals surface area (Å²) in [6.45, 7) is 3.80. The number of hydrogen-bond donors (Lipinski definition) is 1. The molecule has 1 aliphatic carbocycles. The number of amides is 1. The first-order chi connectivity index (χ1) is 14.1. The molecule has 1 amide bonds. The number of thiophene rings is 1. The molecule has 1 aliphatic heterocycles. The molecule has 3 rings (SSSR count). The summed E-state index contributed by atoms with van der Waals surface area (Å²) >= 11 is 1.78. The van der Waals surface area contributed by atoms with Crippen molar-refractivity contribution in [1.29, 1.82) is 0 Å². The second kappa shape index (κ2) is 13.5. The fourth-order valence-electron chi connectivity index (χ4n) is 3.99. The van der Waals surface area contributed by atoms with Crippen LogP contribution in [0.3, 0.4) is 0 Å². The van der Waals surface area contributed by atoms with E-state index < -0.39 is 0 Å². The molecular formula is C22H37IN4O2S. The van der Waals surface area contributed by atoms with Gasteiger partial charge in [-0.05, 0) is 49.5 Å². The van der Waals surface area contributed by atoms with Gasteiger partial charge in [-0.25, -0.2) is 4.99 Å². The van der Waals surface area contributed by atoms with E-state index in [4.69, 9.17) is 4.74 Å². The molecule has 1 saturated carbocycles. The molecule has 1 aromatic rings. The first-order valence-corrected chi connectivity index (χ1v) is 11.9. The second-order valence-electron chi connectivity index (χ2n) is 8.35. The largest absolute Gasteiger partial charge is 0.378 e. The summed E-state index contributed by atoms with van der Waals surface area (Å²) in [4.78, 5) is 21.9. The van der Waals surface area contributed by atoms with E-state index in [9.17, 15) is 4.79 Å². The summed E-state index contributed by atoms with van der Waals surface area (Å²) in [6, 6.07) is 4.24. The summed E-state index contributed by atoms with van der Waals surface area (Å²) in [5.41, 5.74) is 0. The minimum atomic E-state index is 0. The van der Waals surface area contributed by atoms with Crippen LogP contribution in [-0.2, 0) is 16.0 Å². The van der Waals surface area contributed by atoms with E-state index in [0.29, 0.717) is 6.10 Å². The smallest absolute Gasteiger partial charge is 0.243 e. The molecule has 2 heterocycles. The molecule has 0 atom stereocenters. The summed E-state index contributed by atoms with van der Waals surface area (Å²) < 4.78 is 6.21. The molecular weight excluding hydrogens is 511 g/mol. The Morgan fingerprint density at radius 1 is 1.27 bits per heavy atom. The van der Waals surface area contributed by atoms with Crippen molar-refractivity contribution in [3.63, 3.8) is 0 Å². The van der Waals surface area contributed by atoms with E-state index in [0.717, 1.165) is 57.4 Å². The van der Waals surface area contributed by atoms with Crippen LogP contribution in [0.4, 0.5) is 0 Å². The summed E-state index contributed by atoms with van der Waals surface area (Å²) in [7, 11) is 3.55. The number of likely N-dealkylation sites (N-methyl/N-ethyl adjacent to an activating group) is 1. The van der Waals surface area contributed by atoms with Crippen LogP contribution in [0.25, 0.3) is 0 Å². The highest BCUT2D eigenvalue weighted by Crippen LogP contribution is 2.26. The molecule has 2 aliphatic rings. The second-order valence-corrected chi connectivity index (χ2v) is 9.39. The highest BCUT2D eigenvalue weighted by molar-refractivity contribution is 14.0. The molecule has 1 N–H and O–H groups in total. The number of guanidine groups is 1. The number of nitrogens with one attached hydrogen (secondary N) is 1. The molecule has 0 unspecified atom stereocenters. The van der Waals surface area contributed by atoms with Crippen LogP contribution < -0.4 is 5.32 Å². The van der Waals surface area contributed by atoms with Crippen molar-refractivity contribution in [3.8, 4) is 0 Å². The minimum absolute atomic E-state index is 0. The van der Waals surface area contributed by atoms with Crippen molar-refractivity contribution in [3.05, 3.63) is 22.4 Å². The van der Waals surface area contributed by atoms with Gasteiger partial charge in [-0.2, -0.15) is 0 Å². The van der Waals surface area contributed by atoms with Crippen molar-refractivity contribution < 1.29 is 9.53 Å². The number of likely N-dealkylation sites (tertiary alicyclic amines) is 1. The van der Waals surface area contributed by atoms with Crippen LogP contribution >= 0.6 is 35.3 Å². The molecule has 6 nitrogen and oxygen atoms in total. The summed E-state index contributed by atoms with van der Waals surface area (Å²) in [5.74, 6) is 1.66. The van der Waals surface area contributed by atoms with Crippen LogP contribution in [0.15, 0.2) is 22.5 Å². The van der Waals surface area contributed by atoms with Crippen LogP contribution in [0, 0.1) is 5.92 Å². The van der Waals surface area contributed by atoms with Gasteiger partial charge in [0.25, 0.3) is 0 Å². The monoisotopic (exact) mass is 548 g/mol. The van der Waals surface area contributed by atoms with Crippen molar-refractivity contribution in [2.45, 2.75) is 51.0 Å². The Bertz CT molecular complexity index is 640. The normalized spacial score (nSPS) is 18.3. The van der Waals surface area contributed by atoms with Gasteiger partial charge in [0.1, 0.15) is 6.54 Å². The minimum Gasteiger partial charge on any atom is -0.378 e. The van der Waals surface area contributed by atoms with Gasteiger partial charge in [0.2, 0.25) is 5.91 Å². The fourth-order valence-corrected chi connectivity index (χ4v) is 4.70. The third-order valence-corrected chi connectivity index (χ3v) is 6.82. The van der Waals surface area contributed by atoms with E-state index in [1.807, 2.05) is 0 Å². The molecule has 1 aromatic heterocycles. The summed E-state index contributed by atoms with van der Waals surface area (Å²) in [5, 5.41) is 5.59. The number of aliphatic imine (C=N–C) groups is 1. The van der Waals surface area contributed by atoms with Crippen molar-refractivity contribution >= 4 is 47.2 Å². The Labute approximate surface area is 202 Å².